The Hall–Kier alpha value is -4.20. The molecule has 15 nitrogen and oxygen atoms in total. The van der Waals surface area contributed by atoms with Gasteiger partial charge in [-0.3, -0.25) is 14.5 Å². The van der Waals surface area contributed by atoms with Crippen molar-refractivity contribution in [2.75, 3.05) is 89.1 Å². The van der Waals surface area contributed by atoms with E-state index in [1.165, 1.54) is 16.9 Å². The quantitative estimate of drug-likeness (QED) is 0.230. The van der Waals surface area contributed by atoms with Crippen LogP contribution >= 0.6 is 0 Å². The Bertz CT molecular complexity index is 1700. The molecule has 254 valence electrons. The summed E-state index contributed by atoms with van der Waals surface area (Å²) in [5.74, 6) is -1.61. The van der Waals surface area contributed by atoms with Gasteiger partial charge in [0.2, 0.25) is 15.0 Å². The Balaban J connectivity index is 1.37. The second-order valence-electron chi connectivity index (χ2n) is 11.2. The number of nitrogens with one attached hydrogen (secondary N) is 2. The molecule has 2 saturated heterocycles. The largest absolute Gasteiger partial charge is 0.434 e. The van der Waals surface area contributed by atoms with Crippen LogP contribution in [0.4, 0.5) is 24.5 Å². The summed E-state index contributed by atoms with van der Waals surface area (Å²) in [7, 11) is -2.22. The molecule has 47 heavy (non-hydrogen) atoms. The molecule has 2 amide bonds. The molecular weight excluding hydrogens is 645 g/mol. The van der Waals surface area contributed by atoms with Gasteiger partial charge >= 0.3 is 6.18 Å². The summed E-state index contributed by atoms with van der Waals surface area (Å²) in [5, 5.41) is 12.3. The van der Waals surface area contributed by atoms with Crippen LogP contribution in [0.25, 0.3) is 5.69 Å². The van der Waals surface area contributed by atoms with Gasteiger partial charge in [-0.05, 0) is 38.2 Å². The maximum absolute atomic E-state index is 13.9. The second-order valence-corrected chi connectivity index (χ2v) is 13.2. The van der Waals surface area contributed by atoms with Crippen molar-refractivity contribution >= 4 is 33.0 Å². The number of aromatic nitrogens is 5. The van der Waals surface area contributed by atoms with Crippen LogP contribution in [0.1, 0.15) is 33.0 Å². The summed E-state index contributed by atoms with van der Waals surface area (Å²) in [6, 6.07) is 4.88. The third-order valence-corrected chi connectivity index (χ3v) is 8.57. The summed E-state index contributed by atoms with van der Waals surface area (Å²) >= 11 is 0. The topological polar surface area (TPSA) is 168 Å². The number of anilines is 2. The average molecular weight is 681 g/mol. The van der Waals surface area contributed by atoms with E-state index in [4.69, 9.17) is 4.74 Å². The Labute approximate surface area is 269 Å². The van der Waals surface area contributed by atoms with Crippen LogP contribution in [0, 0.1) is 0 Å². The fourth-order valence-electron chi connectivity index (χ4n) is 5.12. The van der Waals surface area contributed by atoms with Crippen molar-refractivity contribution in [1.82, 2.24) is 40.1 Å². The van der Waals surface area contributed by atoms with E-state index in [0.717, 1.165) is 26.1 Å². The smallest absolute Gasteiger partial charge is 0.379 e. The molecule has 2 aliphatic rings. The minimum atomic E-state index is -5.14. The molecular formula is C28H35F3N10O5S. The number of hydrogen-bond donors (Lipinski definition) is 2. The molecule has 2 aromatic heterocycles. The molecule has 1 aromatic carbocycles. The number of ether oxygens (including phenoxy) is 1. The van der Waals surface area contributed by atoms with Crippen LogP contribution in [-0.2, 0) is 20.8 Å². The molecule has 5 rings (SSSR count). The van der Waals surface area contributed by atoms with E-state index in [-0.39, 0.29) is 11.4 Å². The number of nitrogens with zero attached hydrogens (tertiary/aromatic N) is 8. The lowest BCUT2D eigenvalue weighted by molar-refractivity contribution is -0.142. The molecule has 3 aromatic rings. The van der Waals surface area contributed by atoms with E-state index in [9.17, 15) is 31.2 Å². The van der Waals surface area contributed by atoms with Gasteiger partial charge in [0.05, 0.1) is 42.0 Å². The van der Waals surface area contributed by atoms with Gasteiger partial charge in [0.25, 0.3) is 11.8 Å². The SMILES string of the molecule is CN1CCN(c2ccc(-n3cc(C(=O)NCCCN4CCOCC4)nn3)cc2NC(=O)c2cnc(S(C)(=O)=O)nc2C(F)(F)F)CC1. The van der Waals surface area contributed by atoms with Gasteiger partial charge in [-0.15, -0.1) is 5.10 Å². The molecule has 0 spiro atoms. The highest BCUT2D eigenvalue weighted by molar-refractivity contribution is 7.90. The van der Waals surface area contributed by atoms with E-state index < -0.39 is 44.2 Å². The molecule has 19 heteroatoms. The molecule has 0 atom stereocenters. The normalized spacial score (nSPS) is 16.7. The number of hydrogen-bond acceptors (Lipinski definition) is 12. The lowest BCUT2D eigenvalue weighted by atomic mass is 10.1. The molecule has 0 radical (unpaired) electrons. The van der Waals surface area contributed by atoms with E-state index in [0.29, 0.717) is 69.8 Å². The minimum absolute atomic E-state index is 0.0584. The summed E-state index contributed by atoms with van der Waals surface area (Å²) in [6.07, 6.45) is -1.77. The van der Waals surface area contributed by atoms with Crippen LogP contribution in [0.3, 0.4) is 0 Å². The van der Waals surface area contributed by atoms with Crippen molar-refractivity contribution in [2.45, 2.75) is 17.8 Å². The lowest BCUT2D eigenvalue weighted by Gasteiger charge is -2.35. The highest BCUT2D eigenvalue weighted by Gasteiger charge is 2.39. The zero-order valence-electron chi connectivity index (χ0n) is 25.8. The maximum atomic E-state index is 13.9. The number of piperazine rings is 1. The Kier molecular flexibility index (Phi) is 10.4. The number of carbonyl (C=O) groups excluding carboxylic acids is 2. The van der Waals surface area contributed by atoms with E-state index in [1.54, 1.807) is 12.1 Å². The number of benzene rings is 1. The van der Waals surface area contributed by atoms with Crippen molar-refractivity contribution < 1.29 is 35.9 Å². The standard InChI is InChI=1S/C28H35F3N10O5S/c1-38-8-10-40(11-9-38)23-5-4-19(41-18-22(36-37-41)26(43)32-6-3-7-39-12-14-46-15-13-39)16-21(23)34-25(42)20-17-33-27(47(2,44)45)35-24(20)28(29,30)31/h4-5,16-18H,3,6-15H2,1-2H3,(H,32,43)(H,34,42). The van der Waals surface area contributed by atoms with E-state index >= 15 is 0 Å². The Morgan fingerprint density at radius 1 is 1.04 bits per heavy atom. The number of alkyl halides is 3. The first kappa shape index (κ1) is 34.1. The summed E-state index contributed by atoms with van der Waals surface area (Å²) in [5.41, 5.74) is -1.51. The molecule has 0 unspecified atom stereocenters. The van der Waals surface area contributed by atoms with Crippen LogP contribution in [0.5, 0.6) is 0 Å². The number of morpholine rings is 1. The third kappa shape index (κ3) is 8.59. The molecule has 2 N–H and O–H groups in total. The first-order chi connectivity index (χ1) is 22.3. The highest BCUT2D eigenvalue weighted by atomic mass is 32.2. The van der Waals surface area contributed by atoms with Gasteiger partial charge in [0, 0.05) is 58.3 Å². The zero-order chi connectivity index (χ0) is 33.8. The van der Waals surface area contributed by atoms with Gasteiger partial charge in [-0.25, -0.2) is 23.1 Å². The van der Waals surface area contributed by atoms with Gasteiger partial charge in [0.1, 0.15) is 0 Å². The number of carbonyl (C=O) groups is 2. The number of amides is 2. The average Bonchev–Trinajstić information content (AvgIpc) is 3.54. The predicted molar refractivity (Wildman–Crippen MR) is 163 cm³/mol. The lowest BCUT2D eigenvalue weighted by Crippen LogP contribution is -2.44. The monoisotopic (exact) mass is 680 g/mol. The summed E-state index contributed by atoms with van der Waals surface area (Å²) in [6.45, 7) is 6.93. The van der Waals surface area contributed by atoms with Gasteiger partial charge in [-0.2, -0.15) is 13.2 Å². The van der Waals surface area contributed by atoms with Gasteiger partial charge in [0.15, 0.2) is 11.4 Å². The number of halogens is 3. The maximum Gasteiger partial charge on any atom is 0.434 e. The van der Waals surface area contributed by atoms with Gasteiger partial charge < -0.3 is 25.2 Å². The van der Waals surface area contributed by atoms with Crippen molar-refractivity contribution in [3.63, 3.8) is 0 Å². The fourth-order valence-corrected chi connectivity index (χ4v) is 5.62. The van der Waals surface area contributed by atoms with Crippen molar-refractivity contribution in [2.24, 2.45) is 0 Å². The van der Waals surface area contributed by atoms with Crippen LogP contribution in [-0.4, -0.2) is 134 Å². The summed E-state index contributed by atoms with van der Waals surface area (Å²) in [4.78, 5) is 39.1. The predicted octanol–water partition coefficient (Wildman–Crippen LogP) is 0.936. The molecule has 2 fully saturated rings. The summed E-state index contributed by atoms with van der Waals surface area (Å²) < 4.78 is 72.1. The molecule has 4 heterocycles. The first-order valence-corrected chi connectivity index (χ1v) is 16.7. The molecule has 0 bridgehead atoms. The fraction of sp³-hybridized carbons (Fsp3) is 0.500. The van der Waals surface area contributed by atoms with Crippen LogP contribution in [0.15, 0.2) is 35.7 Å². The van der Waals surface area contributed by atoms with E-state index in [1.807, 2.05) is 11.9 Å². The zero-order valence-corrected chi connectivity index (χ0v) is 26.6. The van der Waals surface area contributed by atoms with Crippen molar-refractivity contribution in [3.8, 4) is 5.69 Å². The first-order valence-electron chi connectivity index (χ1n) is 14.8. The molecule has 0 saturated carbocycles. The van der Waals surface area contributed by atoms with Crippen molar-refractivity contribution in [3.05, 3.63) is 47.5 Å². The third-order valence-electron chi connectivity index (χ3n) is 7.71. The van der Waals surface area contributed by atoms with E-state index in [2.05, 4.69) is 40.7 Å². The Morgan fingerprint density at radius 3 is 2.45 bits per heavy atom. The van der Waals surface area contributed by atoms with Crippen molar-refractivity contribution in [1.29, 1.82) is 0 Å². The minimum Gasteiger partial charge on any atom is -0.379 e. The highest BCUT2D eigenvalue weighted by Crippen LogP contribution is 2.33. The van der Waals surface area contributed by atoms with Gasteiger partial charge in [-0.1, -0.05) is 5.21 Å². The van der Waals surface area contributed by atoms with Crippen LogP contribution < -0.4 is 15.5 Å². The number of rotatable bonds is 10. The number of likely N-dealkylation sites (N-methyl/N-ethyl adjacent to an activating group) is 1. The number of sulfone groups is 1. The Morgan fingerprint density at radius 2 is 1.77 bits per heavy atom. The second kappa shape index (κ2) is 14.3. The molecule has 0 aliphatic carbocycles. The molecule has 2 aliphatic heterocycles. The van der Waals surface area contributed by atoms with Crippen LogP contribution in [0.2, 0.25) is 0 Å².